The number of hydrogen-bond donors (Lipinski definition) is 1. The van der Waals surface area contributed by atoms with Crippen molar-refractivity contribution < 1.29 is 4.79 Å². The van der Waals surface area contributed by atoms with Crippen LogP contribution in [0.25, 0.3) is 11.5 Å². The van der Waals surface area contributed by atoms with Crippen LogP contribution in [0.15, 0.2) is 30.5 Å². The third kappa shape index (κ3) is 4.36. The van der Waals surface area contributed by atoms with Gasteiger partial charge in [-0.3, -0.25) is 9.78 Å². The first-order chi connectivity index (χ1) is 12.6. The van der Waals surface area contributed by atoms with Crippen LogP contribution in [0.1, 0.15) is 39.3 Å². The molecule has 0 spiro atoms. The molecule has 0 bridgehead atoms. The fourth-order valence-electron chi connectivity index (χ4n) is 3.18. The number of carbonyl (C=O) groups is 1. The number of nitrogens with one attached hydrogen (secondary N) is 1. The molecular formula is C20H27N5O. The van der Waals surface area contributed by atoms with Gasteiger partial charge < -0.3 is 10.2 Å². The Balaban J connectivity index is 1.70. The fourth-order valence-corrected chi connectivity index (χ4v) is 3.18. The number of aromatic nitrogens is 3. The minimum atomic E-state index is 0.0643. The molecule has 0 aliphatic carbocycles. The molecule has 1 aliphatic rings. The maximum Gasteiger partial charge on any atom is 0.225 e. The maximum atomic E-state index is 12.1. The number of carbonyl (C=O) groups excluding carboxylic acids is 1. The number of piperidine rings is 1. The highest BCUT2D eigenvalue weighted by atomic mass is 16.2. The fraction of sp³-hybridized carbons (Fsp3) is 0.500. The molecule has 1 saturated heterocycles. The zero-order valence-corrected chi connectivity index (χ0v) is 15.8. The molecule has 138 valence electrons. The molecule has 2 aromatic rings. The topological polar surface area (TPSA) is 71.0 Å². The van der Waals surface area contributed by atoms with Crippen molar-refractivity contribution >= 4 is 11.7 Å². The molecule has 1 fully saturated rings. The summed E-state index contributed by atoms with van der Waals surface area (Å²) in [5.41, 5.74) is 1.78. The maximum absolute atomic E-state index is 12.1. The van der Waals surface area contributed by atoms with Crippen molar-refractivity contribution in [3.8, 4) is 11.5 Å². The molecular weight excluding hydrogens is 326 g/mol. The predicted octanol–water partition coefficient (Wildman–Crippen LogP) is 3.16. The smallest absolute Gasteiger partial charge is 0.225 e. The van der Waals surface area contributed by atoms with E-state index >= 15 is 0 Å². The van der Waals surface area contributed by atoms with Crippen LogP contribution >= 0.6 is 0 Å². The van der Waals surface area contributed by atoms with E-state index in [-0.39, 0.29) is 11.8 Å². The first kappa shape index (κ1) is 18.3. The monoisotopic (exact) mass is 353 g/mol. The molecule has 0 saturated carbocycles. The molecule has 0 aromatic carbocycles. The summed E-state index contributed by atoms with van der Waals surface area (Å²) in [6.07, 6.45) is 4.47. The molecule has 2 aromatic heterocycles. The van der Waals surface area contributed by atoms with Crippen LogP contribution in [0.2, 0.25) is 0 Å². The molecule has 1 N–H and O–H groups in total. The summed E-state index contributed by atoms with van der Waals surface area (Å²) < 4.78 is 0. The van der Waals surface area contributed by atoms with E-state index in [0.29, 0.717) is 11.9 Å². The largest absolute Gasteiger partial charge is 0.367 e. The normalized spacial score (nSPS) is 15.3. The zero-order valence-electron chi connectivity index (χ0n) is 15.8. The Kier molecular flexibility index (Phi) is 5.81. The van der Waals surface area contributed by atoms with Crippen LogP contribution in [-0.4, -0.2) is 44.9 Å². The standard InChI is InChI=1S/C20H27N5O/c1-4-15-13-18(24-19(23-15)17-7-5-6-10-21-17)22-16-8-11-25(12-9-16)20(26)14(2)3/h5-7,10,13-14,16H,4,8-9,11-12H2,1-3H3,(H,22,23,24). The number of rotatable bonds is 5. The van der Waals surface area contributed by atoms with Crippen molar-refractivity contribution in [1.29, 1.82) is 0 Å². The molecule has 0 atom stereocenters. The van der Waals surface area contributed by atoms with Crippen molar-refractivity contribution in [3.63, 3.8) is 0 Å². The van der Waals surface area contributed by atoms with Gasteiger partial charge in [0.05, 0.1) is 0 Å². The summed E-state index contributed by atoms with van der Waals surface area (Å²) in [4.78, 5) is 27.7. The van der Waals surface area contributed by atoms with Gasteiger partial charge in [0, 0.05) is 43.0 Å². The van der Waals surface area contributed by atoms with Gasteiger partial charge in [-0.15, -0.1) is 0 Å². The van der Waals surface area contributed by atoms with E-state index in [9.17, 15) is 4.79 Å². The van der Waals surface area contributed by atoms with E-state index < -0.39 is 0 Å². The number of aryl methyl sites for hydroxylation is 1. The third-order valence-electron chi connectivity index (χ3n) is 4.69. The lowest BCUT2D eigenvalue weighted by molar-refractivity contribution is -0.135. The van der Waals surface area contributed by atoms with Crippen molar-refractivity contribution in [2.24, 2.45) is 5.92 Å². The Hall–Kier alpha value is -2.50. The van der Waals surface area contributed by atoms with Crippen molar-refractivity contribution in [2.45, 2.75) is 46.1 Å². The van der Waals surface area contributed by atoms with Crippen LogP contribution in [0, 0.1) is 5.92 Å². The van der Waals surface area contributed by atoms with Crippen molar-refractivity contribution in [1.82, 2.24) is 19.9 Å². The molecule has 3 heterocycles. The first-order valence-corrected chi connectivity index (χ1v) is 9.41. The summed E-state index contributed by atoms with van der Waals surface area (Å²) in [6.45, 7) is 7.60. The van der Waals surface area contributed by atoms with Crippen molar-refractivity contribution in [2.75, 3.05) is 18.4 Å². The van der Waals surface area contributed by atoms with Gasteiger partial charge >= 0.3 is 0 Å². The van der Waals surface area contributed by atoms with Crippen molar-refractivity contribution in [3.05, 3.63) is 36.2 Å². The minimum absolute atomic E-state index is 0.0643. The highest BCUT2D eigenvalue weighted by molar-refractivity contribution is 5.78. The van der Waals surface area contributed by atoms with Gasteiger partial charge in [0.25, 0.3) is 0 Å². The average Bonchev–Trinajstić information content (AvgIpc) is 2.68. The highest BCUT2D eigenvalue weighted by Crippen LogP contribution is 2.20. The Bertz CT molecular complexity index is 739. The van der Waals surface area contributed by atoms with Gasteiger partial charge in [-0.25, -0.2) is 9.97 Å². The van der Waals surface area contributed by atoms with Gasteiger partial charge in [-0.1, -0.05) is 26.8 Å². The molecule has 6 heteroatoms. The van der Waals surface area contributed by atoms with E-state index in [1.54, 1.807) is 6.20 Å². The lowest BCUT2D eigenvalue weighted by Gasteiger charge is -2.33. The molecule has 26 heavy (non-hydrogen) atoms. The molecule has 0 radical (unpaired) electrons. The van der Waals surface area contributed by atoms with E-state index in [4.69, 9.17) is 0 Å². The van der Waals surface area contributed by atoms with Crippen LogP contribution in [0.3, 0.4) is 0 Å². The Morgan fingerprint density at radius 2 is 2.04 bits per heavy atom. The molecule has 6 nitrogen and oxygen atoms in total. The van der Waals surface area contributed by atoms with Crippen LogP contribution < -0.4 is 5.32 Å². The van der Waals surface area contributed by atoms with Crippen LogP contribution in [0.5, 0.6) is 0 Å². The molecule has 0 unspecified atom stereocenters. The Morgan fingerprint density at radius 3 is 2.65 bits per heavy atom. The van der Waals surface area contributed by atoms with Crippen LogP contribution in [-0.2, 0) is 11.2 Å². The Labute approximate surface area is 155 Å². The summed E-state index contributed by atoms with van der Waals surface area (Å²) in [7, 11) is 0. The summed E-state index contributed by atoms with van der Waals surface area (Å²) in [5.74, 6) is 1.80. The lowest BCUT2D eigenvalue weighted by atomic mass is 10.0. The van der Waals surface area contributed by atoms with Crippen LogP contribution in [0.4, 0.5) is 5.82 Å². The summed E-state index contributed by atoms with van der Waals surface area (Å²) in [6, 6.07) is 8.09. The number of likely N-dealkylation sites (tertiary alicyclic amines) is 1. The molecule has 3 rings (SSSR count). The zero-order chi connectivity index (χ0) is 18.5. The molecule has 1 amide bonds. The summed E-state index contributed by atoms with van der Waals surface area (Å²) >= 11 is 0. The number of nitrogens with zero attached hydrogens (tertiary/aromatic N) is 4. The number of pyridine rings is 1. The third-order valence-corrected chi connectivity index (χ3v) is 4.69. The van der Waals surface area contributed by atoms with Gasteiger partial charge in [0.2, 0.25) is 5.91 Å². The van der Waals surface area contributed by atoms with E-state index in [0.717, 1.165) is 49.6 Å². The predicted molar refractivity (Wildman–Crippen MR) is 103 cm³/mol. The molecule has 1 aliphatic heterocycles. The van der Waals surface area contributed by atoms with E-state index in [2.05, 4.69) is 27.2 Å². The SMILES string of the molecule is CCc1cc(NC2CCN(C(=O)C(C)C)CC2)nc(-c2ccccn2)n1. The lowest BCUT2D eigenvalue weighted by Crippen LogP contribution is -2.44. The second-order valence-corrected chi connectivity index (χ2v) is 7.04. The number of hydrogen-bond acceptors (Lipinski definition) is 5. The quantitative estimate of drug-likeness (QED) is 0.894. The summed E-state index contributed by atoms with van der Waals surface area (Å²) in [5, 5.41) is 3.54. The number of anilines is 1. The van der Waals surface area contributed by atoms with Gasteiger partial charge in [-0.05, 0) is 31.4 Å². The van der Waals surface area contributed by atoms with Gasteiger partial charge in [-0.2, -0.15) is 0 Å². The second-order valence-electron chi connectivity index (χ2n) is 7.04. The van der Waals surface area contributed by atoms with E-state index in [1.165, 1.54) is 0 Å². The highest BCUT2D eigenvalue weighted by Gasteiger charge is 2.24. The second kappa shape index (κ2) is 8.25. The minimum Gasteiger partial charge on any atom is -0.367 e. The van der Waals surface area contributed by atoms with E-state index in [1.807, 2.05) is 43.0 Å². The Morgan fingerprint density at radius 1 is 1.27 bits per heavy atom. The first-order valence-electron chi connectivity index (χ1n) is 9.41. The van der Waals surface area contributed by atoms with Gasteiger partial charge in [0.15, 0.2) is 5.82 Å². The van der Waals surface area contributed by atoms with Gasteiger partial charge in [0.1, 0.15) is 11.5 Å². The number of amides is 1. The average molecular weight is 353 g/mol.